The van der Waals surface area contributed by atoms with Crippen LogP contribution in [0.5, 0.6) is 0 Å². The molecule has 12 nitrogen and oxygen atoms in total. The maximum absolute atomic E-state index is 12.4. The second-order valence-electron chi connectivity index (χ2n) is 9.21. The number of carboxylic acids is 2. The molecule has 2 unspecified atom stereocenters. The lowest BCUT2D eigenvalue weighted by Gasteiger charge is -2.49. The number of rotatable bonds is 10. The third-order valence-corrected chi connectivity index (χ3v) is 6.95. The number of ether oxygens (including phenoxy) is 3. The van der Waals surface area contributed by atoms with Gasteiger partial charge in [-0.05, 0) is 29.9 Å². The SMILES string of the molecule is C=C(CC[C@@]12O[C@@H](C(=O)O)[C@](O)(C(=O)OC)[C@@](C(=O)O)(O1)[C@@H](O)[C@@H]2O)C(O)C(C)Cc1ccccc1. The molecule has 12 heteroatoms. The molecule has 1 aromatic carbocycles. The molecule has 2 saturated heterocycles. The lowest BCUT2D eigenvalue weighted by Crippen LogP contribution is -2.78. The number of benzene rings is 1. The van der Waals surface area contributed by atoms with Crippen LogP contribution < -0.4 is 0 Å². The number of aliphatic hydroxyl groups excluding tert-OH is 3. The summed E-state index contributed by atoms with van der Waals surface area (Å²) >= 11 is 0. The van der Waals surface area contributed by atoms with Crippen molar-refractivity contribution in [2.45, 2.75) is 67.6 Å². The number of fused-ring (bicyclic) bond motifs is 2. The summed E-state index contributed by atoms with van der Waals surface area (Å²) in [6, 6.07) is 9.36. The van der Waals surface area contributed by atoms with E-state index in [2.05, 4.69) is 11.3 Å². The molecule has 198 valence electrons. The molecule has 2 aliphatic heterocycles. The van der Waals surface area contributed by atoms with Gasteiger partial charge < -0.3 is 44.8 Å². The van der Waals surface area contributed by atoms with E-state index < -0.39 is 65.7 Å². The Morgan fingerprint density at radius 2 is 1.75 bits per heavy atom. The Morgan fingerprint density at radius 3 is 2.28 bits per heavy atom. The average Bonchev–Trinajstić information content (AvgIpc) is 3.05. The van der Waals surface area contributed by atoms with E-state index in [1.807, 2.05) is 30.3 Å². The first-order chi connectivity index (χ1) is 16.8. The van der Waals surface area contributed by atoms with Crippen LogP contribution in [0, 0.1) is 5.92 Å². The van der Waals surface area contributed by atoms with Gasteiger partial charge in [0.15, 0.2) is 5.79 Å². The Morgan fingerprint density at radius 1 is 1.14 bits per heavy atom. The predicted octanol–water partition coefficient (Wildman–Crippen LogP) is -0.778. The van der Waals surface area contributed by atoms with E-state index in [4.69, 9.17) is 9.47 Å². The molecule has 2 bridgehead atoms. The molecule has 0 amide bonds. The average molecular weight is 510 g/mol. The van der Waals surface area contributed by atoms with E-state index in [1.165, 1.54) is 0 Å². The molecular weight excluding hydrogens is 480 g/mol. The number of carbonyl (C=O) groups excluding carboxylic acids is 1. The lowest BCUT2D eigenvalue weighted by atomic mass is 9.74. The third-order valence-electron chi connectivity index (χ3n) is 6.95. The van der Waals surface area contributed by atoms with Crippen LogP contribution in [0.25, 0.3) is 0 Å². The molecule has 0 aliphatic carbocycles. The molecule has 2 aliphatic rings. The summed E-state index contributed by atoms with van der Waals surface area (Å²) in [6.07, 6.45) is -8.41. The van der Waals surface area contributed by atoms with Gasteiger partial charge in [0.05, 0.1) is 13.2 Å². The smallest absolute Gasteiger partial charge is 0.345 e. The topological polar surface area (TPSA) is 200 Å². The molecule has 36 heavy (non-hydrogen) atoms. The fourth-order valence-electron chi connectivity index (χ4n) is 4.95. The predicted molar refractivity (Wildman–Crippen MR) is 119 cm³/mol. The van der Waals surface area contributed by atoms with E-state index in [9.17, 15) is 45.0 Å². The van der Waals surface area contributed by atoms with Gasteiger partial charge >= 0.3 is 17.9 Å². The highest BCUT2D eigenvalue weighted by molar-refractivity contribution is 5.98. The van der Waals surface area contributed by atoms with Gasteiger partial charge in [-0.2, -0.15) is 0 Å². The monoisotopic (exact) mass is 510 g/mol. The lowest BCUT2D eigenvalue weighted by molar-refractivity contribution is -0.374. The Balaban J connectivity index is 1.88. The van der Waals surface area contributed by atoms with Crippen LogP contribution in [0.4, 0.5) is 0 Å². The standard InChI is InChI=1S/C24H30O12/c1-12(15(25)13(2)11-14-7-5-4-6-8-14)9-10-22-16(26)17(27)24(36-22,20(30)31)23(33,21(32)34-3)18(35-22)19(28)29/h4-8,13,15-18,25-27,33H,1,9-11H2,2-3H3,(H,28,29)(H,30,31)/t13?,15?,16-,17-,18-,22+,23-,24+/m0/s1. The fraction of sp³-hybridized carbons (Fsp3) is 0.542. The van der Waals surface area contributed by atoms with Gasteiger partial charge in [-0.3, -0.25) is 0 Å². The molecule has 8 atom stereocenters. The normalized spacial score (nSPS) is 35.0. The van der Waals surface area contributed by atoms with E-state index in [0.717, 1.165) is 12.7 Å². The molecule has 2 fully saturated rings. The maximum Gasteiger partial charge on any atom is 0.345 e. The molecule has 6 N–H and O–H groups in total. The van der Waals surface area contributed by atoms with Gasteiger partial charge in [-0.1, -0.05) is 43.8 Å². The van der Waals surface area contributed by atoms with Gasteiger partial charge in [0, 0.05) is 6.42 Å². The van der Waals surface area contributed by atoms with Gasteiger partial charge in [-0.15, -0.1) is 0 Å². The van der Waals surface area contributed by atoms with Gasteiger partial charge in [0.2, 0.25) is 17.3 Å². The number of carboxylic acid groups (broad SMARTS) is 2. The van der Waals surface area contributed by atoms with E-state index in [0.29, 0.717) is 6.42 Å². The Labute approximate surface area is 206 Å². The summed E-state index contributed by atoms with van der Waals surface area (Å²) in [5.74, 6) is -8.59. The molecule has 1 aromatic rings. The highest BCUT2D eigenvalue weighted by atomic mass is 16.8. The Bertz CT molecular complexity index is 1030. The Hall–Kier alpha value is -2.87. The quantitative estimate of drug-likeness (QED) is 0.170. The fourth-order valence-corrected chi connectivity index (χ4v) is 4.95. The maximum atomic E-state index is 12.4. The number of aliphatic hydroxyl groups is 4. The Kier molecular flexibility index (Phi) is 7.61. The minimum Gasteiger partial charge on any atom is -0.479 e. The summed E-state index contributed by atoms with van der Waals surface area (Å²) in [5.41, 5.74) is -5.67. The number of hydrogen-bond donors (Lipinski definition) is 6. The van der Waals surface area contributed by atoms with Crippen molar-refractivity contribution in [2.24, 2.45) is 5.92 Å². The van der Waals surface area contributed by atoms with Crippen LogP contribution in [0.2, 0.25) is 0 Å². The third kappa shape index (κ3) is 4.09. The van der Waals surface area contributed by atoms with Crippen LogP contribution in [-0.4, -0.2) is 97.1 Å². The molecule has 3 rings (SSSR count). The van der Waals surface area contributed by atoms with Crippen LogP contribution in [0.3, 0.4) is 0 Å². The molecule has 0 radical (unpaired) electrons. The number of carbonyl (C=O) groups is 3. The molecular formula is C24H30O12. The van der Waals surface area contributed by atoms with E-state index in [1.54, 1.807) is 6.92 Å². The summed E-state index contributed by atoms with van der Waals surface area (Å²) < 4.78 is 15.2. The number of aliphatic carboxylic acids is 2. The minimum atomic E-state index is -3.56. The highest BCUT2D eigenvalue weighted by Gasteiger charge is 2.84. The zero-order valence-corrected chi connectivity index (χ0v) is 19.7. The first-order valence-corrected chi connectivity index (χ1v) is 11.2. The van der Waals surface area contributed by atoms with Crippen LogP contribution in [0.1, 0.15) is 25.3 Å². The summed E-state index contributed by atoms with van der Waals surface area (Å²) in [7, 11) is 0.760. The van der Waals surface area contributed by atoms with Gasteiger partial charge in [0.1, 0.15) is 12.2 Å². The van der Waals surface area contributed by atoms with Gasteiger partial charge in [-0.25, -0.2) is 14.4 Å². The van der Waals surface area contributed by atoms with Crippen LogP contribution in [0.15, 0.2) is 42.5 Å². The molecule has 0 aromatic heterocycles. The van der Waals surface area contributed by atoms with Crippen molar-refractivity contribution < 1.29 is 59.2 Å². The summed E-state index contributed by atoms with van der Waals surface area (Å²) in [4.78, 5) is 36.7. The largest absolute Gasteiger partial charge is 0.479 e. The van der Waals surface area contributed by atoms with E-state index >= 15 is 0 Å². The molecule has 2 heterocycles. The molecule has 0 saturated carbocycles. The zero-order chi connectivity index (χ0) is 27.1. The van der Waals surface area contributed by atoms with Gasteiger partial charge in [0.25, 0.3) is 0 Å². The van der Waals surface area contributed by atoms with Crippen LogP contribution in [-0.2, 0) is 35.0 Å². The van der Waals surface area contributed by atoms with Crippen molar-refractivity contribution in [3.63, 3.8) is 0 Å². The van der Waals surface area contributed by atoms with Crippen molar-refractivity contribution in [3.8, 4) is 0 Å². The zero-order valence-electron chi connectivity index (χ0n) is 19.7. The number of methoxy groups -OCH3 is 1. The van der Waals surface area contributed by atoms with Crippen LogP contribution >= 0.6 is 0 Å². The first-order valence-electron chi connectivity index (χ1n) is 11.2. The first kappa shape index (κ1) is 27.7. The minimum absolute atomic E-state index is 0.150. The summed E-state index contributed by atoms with van der Waals surface area (Å²) in [6.45, 7) is 5.63. The van der Waals surface area contributed by atoms with Crippen molar-refractivity contribution in [1.82, 2.24) is 0 Å². The highest BCUT2D eigenvalue weighted by Crippen LogP contribution is 2.55. The molecule has 0 spiro atoms. The number of esters is 1. The summed E-state index contributed by atoms with van der Waals surface area (Å²) in [5, 5.41) is 62.8. The van der Waals surface area contributed by atoms with Crippen molar-refractivity contribution in [1.29, 1.82) is 0 Å². The second kappa shape index (κ2) is 9.88. The van der Waals surface area contributed by atoms with E-state index in [-0.39, 0.29) is 17.9 Å². The number of hydrogen-bond acceptors (Lipinski definition) is 10. The second-order valence-corrected chi connectivity index (χ2v) is 9.21. The van der Waals surface area contributed by atoms with Crippen molar-refractivity contribution >= 4 is 17.9 Å². The van der Waals surface area contributed by atoms with Crippen molar-refractivity contribution in [3.05, 3.63) is 48.0 Å². The van der Waals surface area contributed by atoms with Crippen molar-refractivity contribution in [2.75, 3.05) is 7.11 Å².